The third-order valence-corrected chi connectivity index (χ3v) is 4.03. The second-order valence-corrected chi connectivity index (χ2v) is 5.88. The van der Waals surface area contributed by atoms with Crippen molar-refractivity contribution in [3.63, 3.8) is 0 Å². The summed E-state index contributed by atoms with van der Waals surface area (Å²) in [4.78, 5) is 12.3. The molecule has 2 atom stereocenters. The fraction of sp³-hybridized carbons (Fsp3) is 0.278. The molecule has 2 rings (SSSR count). The van der Waals surface area contributed by atoms with E-state index in [1.165, 1.54) is 13.2 Å². The molecule has 0 aromatic heterocycles. The second-order valence-electron chi connectivity index (χ2n) is 5.47. The Balaban J connectivity index is 2.00. The molecule has 0 aliphatic carbocycles. The van der Waals surface area contributed by atoms with E-state index in [0.29, 0.717) is 10.7 Å². The average Bonchev–Trinajstić information content (AvgIpc) is 2.56. The van der Waals surface area contributed by atoms with Gasteiger partial charge >= 0.3 is 0 Å². The molecule has 0 heterocycles. The average molecular weight is 351 g/mol. The van der Waals surface area contributed by atoms with Crippen molar-refractivity contribution in [2.75, 3.05) is 12.4 Å². The molecule has 0 saturated carbocycles. The minimum Gasteiger partial charge on any atom is -0.494 e. The zero-order valence-corrected chi connectivity index (χ0v) is 14.5. The highest BCUT2D eigenvalue weighted by molar-refractivity contribution is 6.33. The quantitative estimate of drug-likeness (QED) is 0.822. The van der Waals surface area contributed by atoms with E-state index in [9.17, 15) is 9.18 Å². The summed E-state index contributed by atoms with van der Waals surface area (Å²) in [5.74, 6) is -0.462. The van der Waals surface area contributed by atoms with Gasteiger partial charge in [0, 0.05) is 6.04 Å². The Morgan fingerprint density at radius 2 is 1.92 bits per heavy atom. The molecule has 4 nitrogen and oxygen atoms in total. The molecule has 0 spiro atoms. The molecular weight excluding hydrogens is 331 g/mol. The summed E-state index contributed by atoms with van der Waals surface area (Å²) in [6.45, 7) is 3.60. The van der Waals surface area contributed by atoms with Gasteiger partial charge in [-0.15, -0.1) is 0 Å². The van der Waals surface area contributed by atoms with Gasteiger partial charge in [-0.05, 0) is 43.7 Å². The Morgan fingerprint density at radius 3 is 2.54 bits per heavy atom. The van der Waals surface area contributed by atoms with Gasteiger partial charge in [0.05, 0.1) is 23.9 Å². The minimum absolute atomic E-state index is 0.190. The topological polar surface area (TPSA) is 50.4 Å². The van der Waals surface area contributed by atoms with Gasteiger partial charge in [-0.2, -0.15) is 0 Å². The molecule has 2 aromatic carbocycles. The van der Waals surface area contributed by atoms with Gasteiger partial charge in [-0.1, -0.05) is 29.8 Å². The largest absolute Gasteiger partial charge is 0.494 e. The number of hydrogen-bond donors (Lipinski definition) is 2. The number of para-hydroxylation sites is 1. The Hall–Kier alpha value is -2.11. The van der Waals surface area contributed by atoms with Gasteiger partial charge < -0.3 is 10.1 Å². The van der Waals surface area contributed by atoms with Crippen LogP contribution in [0.15, 0.2) is 42.5 Å². The van der Waals surface area contributed by atoms with Crippen molar-refractivity contribution in [2.45, 2.75) is 25.9 Å². The number of amides is 1. The molecule has 0 unspecified atom stereocenters. The summed E-state index contributed by atoms with van der Waals surface area (Å²) in [6, 6.07) is 11.1. The van der Waals surface area contributed by atoms with Crippen LogP contribution in [0.5, 0.6) is 5.75 Å². The van der Waals surface area contributed by atoms with E-state index in [-0.39, 0.29) is 17.7 Å². The molecule has 6 heteroatoms. The second kappa shape index (κ2) is 8.13. The lowest BCUT2D eigenvalue weighted by molar-refractivity contribution is -0.117. The Bertz CT molecular complexity index is 724. The lowest BCUT2D eigenvalue weighted by Crippen LogP contribution is -2.39. The molecule has 0 aliphatic heterocycles. The van der Waals surface area contributed by atoms with E-state index in [4.69, 9.17) is 16.3 Å². The van der Waals surface area contributed by atoms with E-state index < -0.39 is 11.9 Å². The van der Waals surface area contributed by atoms with Crippen LogP contribution in [0.4, 0.5) is 10.1 Å². The van der Waals surface area contributed by atoms with Crippen LogP contribution in [0, 0.1) is 5.82 Å². The lowest BCUT2D eigenvalue weighted by atomic mass is 10.1. The molecule has 0 saturated heterocycles. The van der Waals surface area contributed by atoms with Crippen LogP contribution >= 0.6 is 11.6 Å². The molecule has 2 N–H and O–H groups in total. The Morgan fingerprint density at radius 1 is 1.21 bits per heavy atom. The number of anilines is 1. The lowest BCUT2D eigenvalue weighted by Gasteiger charge is -2.20. The summed E-state index contributed by atoms with van der Waals surface area (Å²) in [5.41, 5.74) is 1.28. The van der Waals surface area contributed by atoms with Crippen LogP contribution in [-0.2, 0) is 4.79 Å². The molecule has 2 aromatic rings. The van der Waals surface area contributed by atoms with Crippen molar-refractivity contribution in [1.29, 1.82) is 0 Å². The highest BCUT2D eigenvalue weighted by atomic mass is 35.5. The first-order valence-corrected chi connectivity index (χ1v) is 7.95. The molecule has 128 valence electrons. The van der Waals surface area contributed by atoms with E-state index in [2.05, 4.69) is 10.6 Å². The zero-order chi connectivity index (χ0) is 17.7. The van der Waals surface area contributed by atoms with Crippen LogP contribution in [0.2, 0.25) is 5.02 Å². The van der Waals surface area contributed by atoms with Crippen molar-refractivity contribution in [3.8, 4) is 5.75 Å². The highest BCUT2D eigenvalue weighted by Gasteiger charge is 2.18. The maximum atomic E-state index is 13.8. The van der Waals surface area contributed by atoms with E-state index >= 15 is 0 Å². The predicted molar refractivity (Wildman–Crippen MR) is 94.0 cm³/mol. The number of benzene rings is 2. The summed E-state index contributed by atoms with van der Waals surface area (Å²) < 4.78 is 18.7. The number of carbonyl (C=O) groups excluding carboxylic acids is 1. The van der Waals surface area contributed by atoms with E-state index in [1.807, 2.05) is 6.92 Å². The van der Waals surface area contributed by atoms with Crippen molar-refractivity contribution >= 4 is 23.2 Å². The van der Waals surface area contributed by atoms with Crippen LogP contribution < -0.4 is 15.4 Å². The van der Waals surface area contributed by atoms with Gasteiger partial charge in [0.15, 0.2) is 11.6 Å². The number of methoxy groups -OCH3 is 1. The van der Waals surface area contributed by atoms with Gasteiger partial charge in [0.2, 0.25) is 5.91 Å². The summed E-state index contributed by atoms with van der Waals surface area (Å²) >= 11 is 6.03. The highest BCUT2D eigenvalue weighted by Crippen LogP contribution is 2.23. The van der Waals surface area contributed by atoms with Crippen LogP contribution in [-0.4, -0.2) is 19.1 Å². The third-order valence-electron chi connectivity index (χ3n) is 3.70. The molecular formula is C18H20ClFN2O2. The molecule has 24 heavy (non-hydrogen) atoms. The SMILES string of the molecule is COc1ccc([C@@H](C)N[C@@H](C)C(=O)Nc2ccccc2Cl)cc1F. The summed E-state index contributed by atoms with van der Waals surface area (Å²) in [6.07, 6.45) is 0. The third kappa shape index (κ3) is 4.46. The Labute approximate surface area is 146 Å². The molecule has 1 amide bonds. The number of ether oxygens (including phenoxy) is 1. The first-order valence-electron chi connectivity index (χ1n) is 7.57. The van der Waals surface area contributed by atoms with Crippen LogP contribution in [0.1, 0.15) is 25.5 Å². The normalized spacial score (nSPS) is 13.2. The smallest absolute Gasteiger partial charge is 0.241 e. The van der Waals surface area contributed by atoms with Crippen molar-refractivity contribution in [3.05, 3.63) is 58.9 Å². The van der Waals surface area contributed by atoms with Crippen LogP contribution in [0.25, 0.3) is 0 Å². The monoisotopic (exact) mass is 350 g/mol. The zero-order valence-electron chi connectivity index (χ0n) is 13.8. The van der Waals surface area contributed by atoms with E-state index in [0.717, 1.165) is 5.56 Å². The van der Waals surface area contributed by atoms with Crippen molar-refractivity contribution < 1.29 is 13.9 Å². The standard InChI is InChI=1S/C18H20ClFN2O2/c1-11(13-8-9-17(24-3)15(20)10-13)21-12(2)18(23)22-16-7-5-4-6-14(16)19/h4-12,21H,1-3H3,(H,22,23)/t11-,12+/m1/s1. The number of halogens is 2. The number of nitrogens with one attached hydrogen (secondary N) is 2. The number of hydrogen-bond acceptors (Lipinski definition) is 3. The number of rotatable bonds is 6. The van der Waals surface area contributed by atoms with Gasteiger partial charge in [0.1, 0.15) is 0 Å². The Kier molecular flexibility index (Phi) is 6.17. The summed E-state index contributed by atoms with van der Waals surface area (Å²) in [7, 11) is 1.42. The fourth-order valence-corrected chi connectivity index (χ4v) is 2.49. The van der Waals surface area contributed by atoms with Crippen LogP contribution in [0.3, 0.4) is 0 Å². The van der Waals surface area contributed by atoms with Crippen molar-refractivity contribution in [2.24, 2.45) is 0 Å². The summed E-state index contributed by atoms with van der Waals surface area (Å²) in [5, 5.41) is 6.38. The van der Waals surface area contributed by atoms with Crippen molar-refractivity contribution in [1.82, 2.24) is 5.32 Å². The van der Waals surface area contributed by atoms with Gasteiger partial charge in [0.25, 0.3) is 0 Å². The fourth-order valence-electron chi connectivity index (χ4n) is 2.30. The van der Waals surface area contributed by atoms with E-state index in [1.54, 1.807) is 43.3 Å². The first kappa shape index (κ1) is 18.2. The molecule has 0 fully saturated rings. The molecule has 0 radical (unpaired) electrons. The maximum Gasteiger partial charge on any atom is 0.241 e. The maximum absolute atomic E-state index is 13.8. The molecule has 0 aliphatic rings. The molecule has 0 bridgehead atoms. The first-order chi connectivity index (χ1) is 11.4. The minimum atomic E-state index is -0.485. The number of carbonyl (C=O) groups is 1. The predicted octanol–water partition coefficient (Wildman–Crippen LogP) is 4.17. The van der Waals surface area contributed by atoms with Gasteiger partial charge in [-0.25, -0.2) is 4.39 Å². The van der Waals surface area contributed by atoms with Gasteiger partial charge in [-0.3, -0.25) is 10.1 Å².